The summed E-state index contributed by atoms with van der Waals surface area (Å²) < 4.78 is 23.2. The van der Waals surface area contributed by atoms with Crippen LogP contribution in [0.1, 0.15) is 156 Å². The summed E-state index contributed by atoms with van der Waals surface area (Å²) in [6.07, 6.45) is 25.9. The lowest BCUT2D eigenvalue weighted by Gasteiger charge is -2.34. The van der Waals surface area contributed by atoms with Crippen molar-refractivity contribution in [3.8, 4) is 0 Å². The van der Waals surface area contributed by atoms with E-state index < -0.39 is 7.82 Å². The van der Waals surface area contributed by atoms with Crippen molar-refractivity contribution in [2.45, 2.75) is 162 Å². The second-order valence-corrected chi connectivity index (χ2v) is 12.7. The Kier molecular flexibility index (Phi) is 21.8. The third-order valence-electron chi connectivity index (χ3n) is 7.77. The smallest absolute Gasteiger partial charge is 0.303 e. The van der Waals surface area contributed by atoms with Crippen molar-refractivity contribution in [1.82, 2.24) is 4.90 Å². The molecule has 6 heteroatoms. The van der Waals surface area contributed by atoms with Gasteiger partial charge in [0.15, 0.2) is 0 Å². The Balaban J connectivity index is 2.27. The zero-order chi connectivity index (χ0) is 26.3. The molecule has 0 bridgehead atoms. The predicted molar refractivity (Wildman–Crippen MR) is 155 cm³/mol. The minimum Gasteiger partial charge on any atom is -0.303 e. The summed E-state index contributed by atoms with van der Waals surface area (Å²) in [5, 5.41) is 0. The minimum atomic E-state index is -3.94. The van der Waals surface area contributed by atoms with E-state index in [1.165, 1.54) is 116 Å². The van der Waals surface area contributed by atoms with Crippen LogP contribution in [0.3, 0.4) is 0 Å². The molecule has 0 radical (unpaired) electrons. The Morgan fingerprint density at radius 2 is 1.17 bits per heavy atom. The lowest BCUT2D eigenvalue weighted by Crippen LogP contribution is -2.39. The van der Waals surface area contributed by atoms with Crippen molar-refractivity contribution in [1.29, 1.82) is 0 Å². The van der Waals surface area contributed by atoms with Gasteiger partial charge in [0.2, 0.25) is 0 Å². The number of likely N-dealkylation sites (tertiary alicyclic amines) is 1. The number of hydrogen-bond donors (Lipinski definition) is 1. The number of phosphoric acid groups is 1. The molecule has 1 heterocycles. The van der Waals surface area contributed by atoms with Gasteiger partial charge in [0.1, 0.15) is 0 Å². The first kappa shape index (κ1) is 34.1. The zero-order valence-electron chi connectivity index (χ0n) is 24.4. The Morgan fingerprint density at radius 1 is 0.722 bits per heavy atom. The molecule has 0 aliphatic carbocycles. The summed E-state index contributed by atoms with van der Waals surface area (Å²) >= 11 is 0. The van der Waals surface area contributed by atoms with Gasteiger partial charge in [0.05, 0.1) is 12.7 Å². The molecule has 1 saturated heterocycles. The summed E-state index contributed by atoms with van der Waals surface area (Å²) in [5.41, 5.74) is 0. The third-order valence-corrected chi connectivity index (χ3v) is 8.84. The molecule has 1 atom stereocenters. The summed E-state index contributed by atoms with van der Waals surface area (Å²) in [7, 11) is -3.94. The van der Waals surface area contributed by atoms with Gasteiger partial charge in [-0.05, 0) is 38.0 Å². The molecule has 1 unspecified atom stereocenters. The fourth-order valence-electron chi connectivity index (χ4n) is 5.42. The van der Waals surface area contributed by atoms with Gasteiger partial charge in [-0.2, -0.15) is 0 Å². The van der Waals surface area contributed by atoms with Crippen LogP contribution in [0.2, 0.25) is 0 Å². The van der Waals surface area contributed by atoms with Gasteiger partial charge < -0.3 is 9.79 Å². The maximum Gasteiger partial charge on any atom is 0.472 e. The highest BCUT2D eigenvalue weighted by Crippen LogP contribution is 2.46. The summed E-state index contributed by atoms with van der Waals surface area (Å²) in [5.74, 6) is 0.792. The Hall–Kier alpha value is 0.0700. The first-order chi connectivity index (χ1) is 17.5. The molecule has 216 valence electrons. The Labute approximate surface area is 225 Å². The third kappa shape index (κ3) is 19.2. The van der Waals surface area contributed by atoms with Crippen LogP contribution in [0.25, 0.3) is 0 Å². The Morgan fingerprint density at radius 3 is 1.67 bits per heavy atom. The van der Waals surface area contributed by atoms with E-state index in [2.05, 4.69) is 25.7 Å². The molecule has 0 saturated carbocycles. The van der Waals surface area contributed by atoms with Gasteiger partial charge in [-0.15, -0.1) is 0 Å². The number of nitrogens with zero attached hydrogens (tertiary/aromatic N) is 1. The molecular weight excluding hydrogens is 469 g/mol. The topological polar surface area (TPSA) is 59.0 Å². The number of phosphoric ester groups is 1. The minimum absolute atomic E-state index is 0.160. The van der Waals surface area contributed by atoms with E-state index in [1.807, 2.05) is 0 Å². The van der Waals surface area contributed by atoms with E-state index in [1.54, 1.807) is 0 Å². The van der Waals surface area contributed by atoms with Crippen molar-refractivity contribution in [2.75, 3.05) is 26.2 Å². The molecule has 1 aliphatic heterocycles. The molecule has 0 aromatic rings. The quantitative estimate of drug-likeness (QED) is 0.0938. The average molecular weight is 532 g/mol. The first-order valence-electron chi connectivity index (χ1n) is 15.9. The van der Waals surface area contributed by atoms with Gasteiger partial charge >= 0.3 is 7.82 Å². The normalized spacial score (nSPS) is 17.1. The summed E-state index contributed by atoms with van der Waals surface area (Å²) in [6, 6.07) is 0. The lowest BCUT2D eigenvalue weighted by atomic mass is 9.93. The van der Waals surface area contributed by atoms with E-state index >= 15 is 0 Å². The van der Waals surface area contributed by atoms with Gasteiger partial charge in [-0.3, -0.25) is 9.05 Å². The van der Waals surface area contributed by atoms with Crippen LogP contribution in [-0.4, -0.2) is 42.1 Å². The molecule has 0 aromatic carbocycles. The highest BCUT2D eigenvalue weighted by Gasteiger charge is 2.30. The number of piperidine rings is 1. The van der Waals surface area contributed by atoms with E-state index in [9.17, 15) is 9.46 Å². The second-order valence-electron chi connectivity index (χ2n) is 11.3. The lowest BCUT2D eigenvalue weighted by molar-refractivity contribution is 0.0516. The molecule has 1 N–H and O–H groups in total. The predicted octanol–water partition coefficient (Wildman–Crippen LogP) is 9.67. The van der Waals surface area contributed by atoms with Gasteiger partial charge in [-0.25, -0.2) is 4.57 Å². The summed E-state index contributed by atoms with van der Waals surface area (Å²) in [6.45, 7) is 10.2. The molecule has 1 aliphatic rings. The van der Waals surface area contributed by atoms with Gasteiger partial charge in [0, 0.05) is 19.6 Å². The van der Waals surface area contributed by atoms with Crippen molar-refractivity contribution in [3.05, 3.63) is 0 Å². The van der Waals surface area contributed by atoms with Crippen molar-refractivity contribution in [3.63, 3.8) is 0 Å². The molecule has 0 aromatic heterocycles. The van der Waals surface area contributed by atoms with Crippen molar-refractivity contribution in [2.24, 2.45) is 5.92 Å². The average Bonchev–Trinajstić information content (AvgIpc) is 2.86. The number of hydrogen-bond acceptors (Lipinski definition) is 4. The highest BCUT2D eigenvalue weighted by molar-refractivity contribution is 7.47. The molecule has 36 heavy (non-hydrogen) atoms. The first-order valence-corrected chi connectivity index (χ1v) is 17.4. The summed E-state index contributed by atoms with van der Waals surface area (Å²) in [4.78, 5) is 12.7. The zero-order valence-corrected chi connectivity index (χ0v) is 25.3. The highest BCUT2D eigenvalue weighted by atomic mass is 31.2. The maximum atomic E-state index is 12.4. The Bertz CT molecular complexity index is 511. The van der Waals surface area contributed by atoms with Crippen molar-refractivity contribution < 1.29 is 18.5 Å². The fraction of sp³-hybridized carbons (Fsp3) is 1.00. The van der Waals surface area contributed by atoms with Crippen LogP contribution in [0, 0.1) is 5.92 Å². The molecule has 5 nitrogen and oxygen atoms in total. The van der Waals surface area contributed by atoms with E-state index in [0.29, 0.717) is 6.61 Å². The molecular formula is C30H62NO4P. The second kappa shape index (κ2) is 23.0. The largest absolute Gasteiger partial charge is 0.472 e. The van der Waals surface area contributed by atoms with E-state index in [4.69, 9.17) is 9.05 Å². The van der Waals surface area contributed by atoms with Crippen LogP contribution in [-0.2, 0) is 13.6 Å². The van der Waals surface area contributed by atoms with E-state index in [0.717, 1.165) is 44.7 Å². The van der Waals surface area contributed by atoms with E-state index in [-0.39, 0.29) is 6.10 Å². The maximum absolute atomic E-state index is 12.4. The van der Waals surface area contributed by atoms with Crippen LogP contribution >= 0.6 is 7.82 Å². The van der Waals surface area contributed by atoms with Gasteiger partial charge in [-0.1, -0.05) is 124 Å². The molecule has 1 rings (SSSR count). The monoisotopic (exact) mass is 531 g/mol. The number of unbranched alkanes of at least 4 members (excludes halogenated alkanes) is 14. The SMILES string of the molecule is CCCCCCCCCOP(=O)(O)OC1CCN(CC(CCCCCCC)CCCCCCC)CC1. The number of rotatable bonds is 25. The molecule has 1 fully saturated rings. The molecule has 0 amide bonds. The molecule has 0 spiro atoms. The van der Waals surface area contributed by atoms with Crippen LogP contribution < -0.4 is 0 Å². The fourth-order valence-corrected chi connectivity index (χ4v) is 6.43. The standard InChI is InChI=1S/C30H62NO4P/c1-4-7-10-13-14-17-20-27-34-36(32,33)35-30-23-25-31(26-24-30)28-29(21-18-15-11-8-5-2)22-19-16-12-9-6-3/h29-30H,4-28H2,1-3H3,(H,32,33). The van der Waals surface area contributed by atoms with Crippen LogP contribution in [0.15, 0.2) is 0 Å². The van der Waals surface area contributed by atoms with Crippen LogP contribution in [0.5, 0.6) is 0 Å². The van der Waals surface area contributed by atoms with Crippen LogP contribution in [0.4, 0.5) is 0 Å². The van der Waals surface area contributed by atoms with Gasteiger partial charge in [0.25, 0.3) is 0 Å². The van der Waals surface area contributed by atoms with Crippen molar-refractivity contribution >= 4 is 7.82 Å².